The van der Waals surface area contributed by atoms with E-state index in [4.69, 9.17) is 27.9 Å². The van der Waals surface area contributed by atoms with Gasteiger partial charge in [0.1, 0.15) is 11.8 Å². The van der Waals surface area contributed by atoms with E-state index in [2.05, 4.69) is 5.32 Å². The summed E-state index contributed by atoms with van der Waals surface area (Å²) in [7, 11) is 0. The lowest BCUT2D eigenvalue weighted by Crippen LogP contribution is -2.51. The van der Waals surface area contributed by atoms with Crippen LogP contribution in [0.3, 0.4) is 0 Å². The van der Waals surface area contributed by atoms with Crippen LogP contribution in [0.4, 0.5) is 0 Å². The summed E-state index contributed by atoms with van der Waals surface area (Å²) in [4.78, 5) is 27.5. The lowest BCUT2D eigenvalue weighted by Gasteiger charge is -2.31. The molecule has 0 aliphatic carbocycles. The summed E-state index contributed by atoms with van der Waals surface area (Å²) in [5, 5.41) is 3.79. The largest absolute Gasteiger partial charge is 0.482 e. The number of carbonyl (C=O) groups is 2. The van der Waals surface area contributed by atoms with Gasteiger partial charge in [-0.3, -0.25) is 9.59 Å². The molecule has 2 amide bonds. The summed E-state index contributed by atoms with van der Waals surface area (Å²) in [5.41, 5.74) is 0.935. The average Bonchev–Trinajstić information content (AvgIpc) is 2.73. The van der Waals surface area contributed by atoms with E-state index in [-0.39, 0.29) is 24.5 Å². The number of benzene rings is 2. The van der Waals surface area contributed by atoms with E-state index in [1.165, 1.54) is 0 Å². The van der Waals surface area contributed by atoms with Gasteiger partial charge in [-0.05, 0) is 43.5 Å². The molecule has 0 heterocycles. The minimum Gasteiger partial charge on any atom is -0.482 e. The lowest BCUT2D eigenvalue weighted by atomic mass is 10.1. The fourth-order valence-electron chi connectivity index (χ4n) is 2.96. The highest BCUT2D eigenvalue weighted by molar-refractivity contribution is 6.35. The molecule has 0 saturated heterocycles. The second-order valence-electron chi connectivity index (χ2n) is 7.11. The molecule has 2 rings (SSSR count). The van der Waals surface area contributed by atoms with Gasteiger partial charge in [-0.2, -0.15) is 0 Å². The predicted molar refractivity (Wildman–Crippen MR) is 121 cm³/mol. The van der Waals surface area contributed by atoms with E-state index in [0.717, 1.165) is 12.0 Å². The number of hydrogen-bond donors (Lipinski definition) is 1. The molecule has 0 aliphatic rings. The van der Waals surface area contributed by atoms with Crippen LogP contribution in [0.25, 0.3) is 0 Å². The number of rotatable bonds is 10. The Morgan fingerprint density at radius 2 is 1.77 bits per heavy atom. The van der Waals surface area contributed by atoms with Crippen LogP contribution in [-0.4, -0.2) is 35.4 Å². The molecule has 0 spiro atoms. The predicted octanol–water partition coefficient (Wildman–Crippen LogP) is 5.09. The Morgan fingerprint density at radius 1 is 1.07 bits per heavy atom. The molecule has 2 atom stereocenters. The van der Waals surface area contributed by atoms with E-state index >= 15 is 0 Å². The molecule has 0 radical (unpaired) electrons. The number of carbonyl (C=O) groups excluding carboxylic acids is 2. The Hall–Kier alpha value is -2.24. The van der Waals surface area contributed by atoms with Gasteiger partial charge in [-0.25, -0.2) is 0 Å². The minimum atomic E-state index is -0.601. The second kappa shape index (κ2) is 11.8. The third-order valence-corrected chi connectivity index (χ3v) is 5.36. The smallest absolute Gasteiger partial charge is 0.261 e. The number of nitrogens with zero attached hydrogens (tertiary/aromatic N) is 1. The Balaban J connectivity index is 2.20. The molecule has 0 fully saturated rings. The lowest BCUT2D eigenvalue weighted by molar-refractivity contribution is -0.143. The number of amides is 2. The minimum absolute atomic E-state index is 0.0318. The molecule has 2 aromatic carbocycles. The van der Waals surface area contributed by atoms with Gasteiger partial charge in [0.25, 0.3) is 5.91 Å². The van der Waals surface area contributed by atoms with Crippen molar-refractivity contribution in [3.05, 3.63) is 64.1 Å². The molecule has 2 aromatic rings. The number of ether oxygens (including phenoxy) is 1. The fourth-order valence-corrected chi connectivity index (χ4v) is 3.42. The van der Waals surface area contributed by atoms with Gasteiger partial charge in [-0.15, -0.1) is 0 Å². The first-order chi connectivity index (χ1) is 14.3. The van der Waals surface area contributed by atoms with Crippen LogP contribution in [-0.2, 0) is 16.1 Å². The SMILES string of the molecule is CC[C@H](C)NC(=O)[C@H](CC)N(Cc1ccccc1)C(=O)COc1ccc(Cl)cc1Cl. The molecule has 0 saturated carbocycles. The van der Waals surface area contributed by atoms with Crippen molar-refractivity contribution in [1.82, 2.24) is 10.2 Å². The third kappa shape index (κ3) is 6.92. The molecule has 0 unspecified atom stereocenters. The van der Waals surface area contributed by atoms with Gasteiger partial charge in [0.15, 0.2) is 6.61 Å². The Bertz CT molecular complexity index is 846. The van der Waals surface area contributed by atoms with Crippen LogP contribution >= 0.6 is 23.2 Å². The average molecular weight is 451 g/mol. The zero-order chi connectivity index (χ0) is 22.1. The van der Waals surface area contributed by atoms with Gasteiger partial charge in [-0.1, -0.05) is 67.4 Å². The monoisotopic (exact) mass is 450 g/mol. The summed E-state index contributed by atoms with van der Waals surface area (Å²) in [5.74, 6) is -0.0946. The molecular weight excluding hydrogens is 423 g/mol. The normalized spacial score (nSPS) is 12.7. The van der Waals surface area contributed by atoms with Gasteiger partial charge in [0.2, 0.25) is 5.91 Å². The van der Waals surface area contributed by atoms with Crippen LogP contribution < -0.4 is 10.1 Å². The standard InChI is InChI=1S/C23H28Cl2N2O3/c1-4-16(3)26-23(29)20(5-2)27(14-17-9-7-6-8-10-17)22(28)15-30-21-12-11-18(24)13-19(21)25/h6-13,16,20H,4-5,14-15H2,1-3H3,(H,26,29)/t16-,20-/m0/s1. The van der Waals surface area contributed by atoms with Crippen LogP contribution in [0.1, 0.15) is 39.2 Å². The summed E-state index contributed by atoms with van der Waals surface area (Å²) in [6.45, 7) is 5.91. The van der Waals surface area contributed by atoms with E-state index in [1.807, 2.05) is 51.1 Å². The topological polar surface area (TPSA) is 58.6 Å². The van der Waals surface area contributed by atoms with Crippen molar-refractivity contribution < 1.29 is 14.3 Å². The summed E-state index contributed by atoms with van der Waals surface area (Å²) in [6, 6.07) is 13.8. The van der Waals surface area contributed by atoms with Crippen molar-refractivity contribution in [2.45, 2.75) is 52.2 Å². The first kappa shape index (κ1) is 24.0. The Morgan fingerprint density at radius 3 is 2.37 bits per heavy atom. The molecular formula is C23H28Cl2N2O3. The summed E-state index contributed by atoms with van der Waals surface area (Å²) in [6.07, 6.45) is 1.30. The highest BCUT2D eigenvalue weighted by Crippen LogP contribution is 2.27. The fraction of sp³-hybridized carbons (Fsp3) is 0.391. The van der Waals surface area contributed by atoms with Gasteiger partial charge < -0.3 is 15.0 Å². The zero-order valence-electron chi connectivity index (χ0n) is 17.5. The zero-order valence-corrected chi connectivity index (χ0v) is 19.0. The van der Waals surface area contributed by atoms with Crippen molar-refractivity contribution in [3.63, 3.8) is 0 Å². The molecule has 1 N–H and O–H groups in total. The van der Waals surface area contributed by atoms with E-state index < -0.39 is 6.04 Å². The van der Waals surface area contributed by atoms with Crippen LogP contribution in [0.15, 0.2) is 48.5 Å². The van der Waals surface area contributed by atoms with Crippen molar-refractivity contribution in [1.29, 1.82) is 0 Å². The molecule has 162 valence electrons. The summed E-state index contributed by atoms with van der Waals surface area (Å²) >= 11 is 12.0. The maximum Gasteiger partial charge on any atom is 0.261 e. The van der Waals surface area contributed by atoms with Gasteiger partial charge in [0, 0.05) is 17.6 Å². The highest BCUT2D eigenvalue weighted by atomic mass is 35.5. The Labute approximate surface area is 188 Å². The molecule has 0 aromatic heterocycles. The molecule has 0 aliphatic heterocycles. The van der Waals surface area contributed by atoms with Crippen molar-refractivity contribution >= 4 is 35.0 Å². The molecule has 0 bridgehead atoms. The van der Waals surface area contributed by atoms with E-state index in [1.54, 1.807) is 23.1 Å². The molecule has 7 heteroatoms. The number of hydrogen-bond acceptors (Lipinski definition) is 3. The van der Waals surface area contributed by atoms with Crippen molar-refractivity contribution in [3.8, 4) is 5.75 Å². The van der Waals surface area contributed by atoms with E-state index in [0.29, 0.717) is 28.8 Å². The second-order valence-corrected chi connectivity index (χ2v) is 7.96. The van der Waals surface area contributed by atoms with Gasteiger partial charge >= 0.3 is 0 Å². The van der Waals surface area contributed by atoms with Crippen molar-refractivity contribution in [2.24, 2.45) is 0 Å². The number of nitrogens with one attached hydrogen (secondary N) is 1. The first-order valence-corrected chi connectivity index (χ1v) is 10.8. The third-order valence-electron chi connectivity index (χ3n) is 4.83. The van der Waals surface area contributed by atoms with Crippen molar-refractivity contribution in [2.75, 3.05) is 6.61 Å². The van der Waals surface area contributed by atoms with Crippen LogP contribution in [0.5, 0.6) is 5.75 Å². The van der Waals surface area contributed by atoms with Crippen LogP contribution in [0, 0.1) is 0 Å². The highest BCUT2D eigenvalue weighted by Gasteiger charge is 2.29. The van der Waals surface area contributed by atoms with E-state index in [9.17, 15) is 9.59 Å². The number of halogens is 2. The molecule has 30 heavy (non-hydrogen) atoms. The molecule has 5 nitrogen and oxygen atoms in total. The quantitative estimate of drug-likeness (QED) is 0.547. The van der Waals surface area contributed by atoms with Gasteiger partial charge in [0.05, 0.1) is 5.02 Å². The summed E-state index contributed by atoms with van der Waals surface area (Å²) < 4.78 is 5.64. The maximum absolute atomic E-state index is 13.1. The Kier molecular flexibility index (Phi) is 9.47. The van der Waals surface area contributed by atoms with Crippen LogP contribution in [0.2, 0.25) is 10.0 Å². The first-order valence-electron chi connectivity index (χ1n) is 10.1. The maximum atomic E-state index is 13.1.